The molecule has 6 heteroatoms. The van der Waals surface area contributed by atoms with Crippen LogP contribution < -0.4 is 15.5 Å². The van der Waals surface area contributed by atoms with E-state index in [2.05, 4.69) is 76.1 Å². The van der Waals surface area contributed by atoms with E-state index >= 15 is 0 Å². The SMILES string of the molecule is CCN(c1cc(Cl)cc(C(=O)NC2CC(C)(C)NC(C)(C)C2)c1C)C1CCC(N(C)C)CC1. The summed E-state index contributed by atoms with van der Waals surface area (Å²) in [5.74, 6) is -0.0119. The Labute approximate surface area is 206 Å². The Morgan fingerprint density at radius 1 is 1.06 bits per heavy atom. The third kappa shape index (κ3) is 6.43. The highest BCUT2D eigenvalue weighted by Gasteiger charge is 2.38. The van der Waals surface area contributed by atoms with Gasteiger partial charge in [-0.15, -0.1) is 0 Å². The van der Waals surface area contributed by atoms with Crippen molar-refractivity contribution in [3.8, 4) is 0 Å². The Balaban J connectivity index is 1.81. The first-order valence-electron chi connectivity index (χ1n) is 12.7. The zero-order chi connectivity index (χ0) is 24.6. The van der Waals surface area contributed by atoms with Gasteiger partial charge in [0.25, 0.3) is 5.91 Å². The number of carbonyl (C=O) groups excluding carboxylic acids is 1. The molecule has 2 N–H and O–H groups in total. The molecule has 5 nitrogen and oxygen atoms in total. The number of benzene rings is 1. The molecule has 1 aromatic rings. The van der Waals surface area contributed by atoms with Crippen LogP contribution in [-0.4, -0.2) is 60.7 Å². The van der Waals surface area contributed by atoms with Crippen LogP contribution in [0.25, 0.3) is 0 Å². The van der Waals surface area contributed by atoms with Crippen molar-refractivity contribution in [1.82, 2.24) is 15.5 Å². The molecule has 186 valence electrons. The van der Waals surface area contributed by atoms with Crippen LogP contribution in [0.5, 0.6) is 0 Å². The van der Waals surface area contributed by atoms with E-state index in [0.717, 1.165) is 30.6 Å². The molecule has 1 saturated heterocycles. The largest absolute Gasteiger partial charge is 0.369 e. The van der Waals surface area contributed by atoms with Gasteiger partial charge in [-0.05, 0) is 112 Å². The molecule has 0 spiro atoms. The summed E-state index contributed by atoms with van der Waals surface area (Å²) in [5.41, 5.74) is 2.81. The first-order valence-corrected chi connectivity index (χ1v) is 13.0. The summed E-state index contributed by atoms with van der Waals surface area (Å²) in [6.45, 7) is 14.0. The summed E-state index contributed by atoms with van der Waals surface area (Å²) in [6, 6.07) is 5.18. The summed E-state index contributed by atoms with van der Waals surface area (Å²) in [7, 11) is 4.36. The quantitative estimate of drug-likeness (QED) is 0.578. The molecule has 1 aliphatic heterocycles. The van der Waals surface area contributed by atoms with E-state index in [4.69, 9.17) is 11.6 Å². The van der Waals surface area contributed by atoms with Gasteiger partial charge in [0.1, 0.15) is 0 Å². The van der Waals surface area contributed by atoms with Crippen LogP contribution in [0.3, 0.4) is 0 Å². The summed E-state index contributed by atoms with van der Waals surface area (Å²) >= 11 is 6.58. The maximum Gasteiger partial charge on any atom is 0.251 e. The number of piperidine rings is 1. The zero-order valence-electron chi connectivity index (χ0n) is 22.0. The lowest BCUT2D eigenvalue weighted by molar-refractivity contribution is 0.0872. The maximum absolute atomic E-state index is 13.5. The second kappa shape index (κ2) is 10.1. The second-order valence-corrected chi connectivity index (χ2v) is 12.2. The molecule has 1 saturated carbocycles. The van der Waals surface area contributed by atoms with Crippen molar-refractivity contribution < 1.29 is 4.79 Å². The normalized spacial score (nSPS) is 25.2. The molecule has 1 amide bonds. The minimum atomic E-state index is -0.0152. The van der Waals surface area contributed by atoms with Gasteiger partial charge >= 0.3 is 0 Å². The summed E-state index contributed by atoms with van der Waals surface area (Å²) in [6.07, 6.45) is 6.58. The molecule has 0 atom stereocenters. The average Bonchev–Trinajstić information content (AvgIpc) is 2.68. The molecule has 1 aromatic carbocycles. The van der Waals surface area contributed by atoms with Crippen LogP contribution >= 0.6 is 11.6 Å². The molecule has 0 bridgehead atoms. The number of carbonyl (C=O) groups is 1. The van der Waals surface area contributed by atoms with Gasteiger partial charge in [0.2, 0.25) is 0 Å². The van der Waals surface area contributed by atoms with E-state index in [-0.39, 0.29) is 23.0 Å². The van der Waals surface area contributed by atoms with Gasteiger partial charge in [-0.3, -0.25) is 4.79 Å². The average molecular weight is 477 g/mol. The van der Waals surface area contributed by atoms with E-state index in [1.54, 1.807) is 0 Å². The van der Waals surface area contributed by atoms with Gasteiger partial charge in [0, 0.05) is 52.0 Å². The predicted octanol–water partition coefficient (Wildman–Crippen LogP) is 5.39. The number of nitrogens with one attached hydrogen (secondary N) is 2. The molecule has 33 heavy (non-hydrogen) atoms. The number of halogens is 1. The van der Waals surface area contributed by atoms with Gasteiger partial charge < -0.3 is 20.4 Å². The third-order valence-corrected chi connectivity index (χ3v) is 7.82. The molecule has 0 radical (unpaired) electrons. The molecule has 1 heterocycles. The Bertz CT molecular complexity index is 827. The van der Waals surface area contributed by atoms with E-state index in [1.807, 2.05) is 12.1 Å². The maximum atomic E-state index is 13.5. The smallest absolute Gasteiger partial charge is 0.251 e. The molecule has 1 aliphatic carbocycles. The monoisotopic (exact) mass is 476 g/mol. The van der Waals surface area contributed by atoms with Crippen LogP contribution in [0.1, 0.15) is 89.1 Å². The zero-order valence-corrected chi connectivity index (χ0v) is 22.8. The molecule has 2 fully saturated rings. The molecule has 0 unspecified atom stereocenters. The van der Waals surface area contributed by atoms with Gasteiger partial charge in [-0.1, -0.05) is 11.6 Å². The fourth-order valence-corrected chi connectivity index (χ4v) is 6.61. The van der Waals surface area contributed by atoms with Crippen molar-refractivity contribution in [2.45, 2.75) is 109 Å². The lowest BCUT2D eigenvalue weighted by Crippen LogP contribution is -2.62. The predicted molar refractivity (Wildman–Crippen MR) is 141 cm³/mol. The number of hydrogen-bond acceptors (Lipinski definition) is 4. The lowest BCUT2D eigenvalue weighted by atomic mass is 9.79. The van der Waals surface area contributed by atoms with Crippen molar-refractivity contribution in [3.05, 3.63) is 28.3 Å². The highest BCUT2D eigenvalue weighted by molar-refractivity contribution is 6.31. The van der Waals surface area contributed by atoms with Crippen LogP contribution in [0.15, 0.2) is 12.1 Å². The number of nitrogens with zero attached hydrogens (tertiary/aromatic N) is 2. The molecular formula is C27H45ClN4O. The van der Waals surface area contributed by atoms with Crippen molar-refractivity contribution >= 4 is 23.2 Å². The van der Waals surface area contributed by atoms with Gasteiger partial charge in [0.05, 0.1) is 0 Å². The van der Waals surface area contributed by atoms with Crippen molar-refractivity contribution in [2.24, 2.45) is 0 Å². The topological polar surface area (TPSA) is 47.6 Å². The highest BCUT2D eigenvalue weighted by atomic mass is 35.5. The van der Waals surface area contributed by atoms with Crippen LogP contribution in [0, 0.1) is 6.92 Å². The summed E-state index contributed by atoms with van der Waals surface area (Å²) < 4.78 is 0. The van der Waals surface area contributed by atoms with E-state index in [0.29, 0.717) is 22.7 Å². The number of anilines is 1. The van der Waals surface area contributed by atoms with Gasteiger partial charge in [-0.25, -0.2) is 0 Å². The number of amides is 1. The van der Waals surface area contributed by atoms with Crippen molar-refractivity contribution in [1.29, 1.82) is 0 Å². The van der Waals surface area contributed by atoms with E-state index < -0.39 is 0 Å². The van der Waals surface area contributed by atoms with E-state index in [1.165, 1.54) is 25.7 Å². The summed E-state index contributed by atoms with van der Waals surface area (Å²) in [5, 5.41) is 7.66. The third-order valence-electron chi connectivity index (χ3n) is 7.60. The number of rotatable bonds is 6. The van der Waals surface area contributed by atoms with Gasteiger partial charge in [0.15, 0.2) is 0 Å². The second-order valence-electron chi connectivity index (χ2n) is 11.8. The first-order chi connectivity index (χ1) is 15.3. The van der Waals surface area contributed by atoms with Gasteiger partial charge in [-0.2, -0.15) is 0 Å². The fraction of sp³-hybridized carbons (Fsp3) is 0.741. The molecular weight excluding hydrogens is 432 g/mol. The van der Waals surface area contributed by atoms with Crippen LogP contribution in [0.2, 0.25) is 5.02 Å². The minimum absolute atomic E-state index is 0.0119. The number of hydrogen-bond donors (Lipinski definition) is 2. The van der Waals surface area contributed by atoms with Crippen molar-refractivity contribution in [2.75, 3.05) is 25.5 Å². The van der Waals surface area contributed by atoms with Crippen LogP contribution in [0.4, 0.5) is 5.69 Å². The lowest BCUT2D eigenvalue weighted by Gasteiger charge is -2.46. The Morgan fingerprint density at radius 2 is 1.61 bits per heavy atom. The fourth-order valence-electron chi connectivity index (χ4n) is 6.40. The van der Waals surface area contributed by atoms with E-state index in [9.17, 15) is 4.79 Å². The Kier molecular flexibility index (Phi) is 8.08. The Hall–Kier alpha value is -1.30. The molecule has 2 aliphatic rings. The minimum Gasteiger partial charge on any atom is -0.369 e. The first kappa shape index (κ1) is 26.3. The molecule has 0 aromatic heterocycles. The Morgan fingerprint density at radius 3 is 2.12 bits per heavy atom. The highest BCUT2D eigenvalue weighted by Crippen LogP contribution is 2.35. The van der Waals surface area contributed by atoms with Crippen LogP contribution in [-0.2, 0) is 0 Å². The molecule has 3 rings (SSSR count). The standard InChI is InChI=1S/C27H45ClN4O/c1-9-32(22-12-10-21(11-13-22)31(7)8)24-15-19(28)14-23(18(24)2)25(33)29-20-16-26(3,4)30-27(5,6)17-20/h14-15,20-22,30H,9-13,16-17H2,1-8H3,(H,29,33). The summed E-state index contributed by atoms with van der Waals surface area (Å²) in [4.78, 5) is 18.3. The van der Waals surface area contributed by atoms with Crippen molar-refractivity contribution in [3.63, 3.8) is 0 Å².